The Morgan fingerprint density at radius 3 is 2.17 bits per heavy atom. The van der Waals surface area contributed by atoms with Crippen molar-refractivity contribution in [3.05, 3.63) is 53.6 Å². The van der Waals surface area contributed by atoms with Crippen LogP contribution in [0, 0.1) is 11.6 Å². The van der Waals surface area contributed by atoms with E-state index in [1.54, 1.807) is 0 Å². The Kier molecular flexibility index (Phi) is 2.97. The van der Waals surface area contributed by atoms with Gasteiger partial charge >= 0.3 is 5.97 Å². The number of hydrogen-bond acceptors (Lipinski definition) is 2. The van der Waals surface area contributed by atoms with Gasteiger partial charge in [0.25, 0.3) is 0 Å². The van der Waals surface area contributed by atoms with Gasteiger partial charge in [-0.15, -0.1) is 0 Å². The van der Waals surface area contributed by atoms with Gasteiger partial charge in [0.1, 0.15) is 22.9 Å². The summed E-state index contributed by atoms with van der Waals surface area (Å²) in [5.74, 6) is -3.41. The van der Waals surface area contributed by atoms with Gasteiger partial charge in [-0.05, 0) is 29.8 Å². The average Bonchev–Trinajstić information content (AvgIpc) is 2.28. The molecule has 0 amide bonds. The monoisotopic (exact) mass is 250 g/mol. The summed E-state index contributed by atoms with van der Waals surface area (Å²) in [5.41, 5.74) is -0.548. The van der Waals surface area contributed by atoms with Gasteiger partial charge in [-0.3, -0.25) is 0 Å². The van der Waals surface area contributed by atoms with Crippen molar-refractivity contribution in [3.8, 4) is 16.9 Å². The van der Waals surface area contributed by atoms with Crippen LogP contribution in [0.15, 0.2) is 36.4 Å². The summed E-state index contributed by atoms with van der Waals surface area (Å²) in [5, 5.41) is 18.2. The van der Waals surface area contributed by atoms with E-state index in [1.807, 2.05) is 0 Å². The topological polar surface area (TPSA) is 57.5 Å². The second kappa shape index (κ2) is 4.44. The Hall–Kier alpha value is -2.43. The van der Waals surface area contributed by atoms with Crippen LogP contribution in [0.3, 0.4) is 0 Å². The van der Waals surface area contributed by atoms with E-state index in [4.69, 9.17) is 5.11 Å². The molecule has 2 rings (SSSR count). The normalized spacial score (nSPS) is 10.3. The second-order valence-corrected chi connectivity index (χ2v) is 3.63. The zero-order valence-corrected chi connectivity index (χ0v) is 9.02. The maximum atomic E-state index is 13.5. The van der Waals surface area contributed by atoms with Crippen LogP contribution in [0.4, 0.5) is 8.78 Å². The molecule has 18 heavy (non-hydrogen) atoms. The summed E-state index contributed by atoms with van der Waals surface area (Å²) in [6.07, 6.45) is 0. The molecule has 92 valence electrons. The minimum Gasteiger partial charge on any atom is -0.507 e. The van der Waals surface area contributed by atoms with Crippen molar-refractivity contribution in [3.63, 3.8) is 0 Å². The number of carboxylic acids is 1. The molecule has 0 aliphatic heterocycles. The van der Waals surface area contributed by atoms with Gasteiger partial charge in [-0.1, -0.05) is 12.1 Å². The summed E-state index contributed by atoms with van der Waals surface area (Å²) in [6, 6.07) is 6.75. The van der Waals surface area contributed by atoms with Crippen LogP contribution in [0.2, 0.25) is 0 Å². The van der Waals surface area contributed by atoms with Gasteiger partial charge in [0.15, 0.2) is 0 Å². The Morgan fingerprint density at radius 2 is 1.67 bits per heavy atom. The highest BCUT2D eigenvalue weighted by Crippen LogP contribution is 2.30. The third-order valence-electron chi connectivity index (χ3n) is 2.48. The molecule has 0 fully saturated rings. The Labute approximate surface area is 101 Å². The molecule has 0 aliphatic rings. The molecular formula is C13H8F2O3. The van der Waals surface area contributed by atoms with Crippen LogP contribution in [0.25, 0.3) is 11.1 Å². The lowest BCUT2D eigenvalue weighted by atomic mass is 10.0. The molecule has 2 aromatic carbocycles. The van der Waals surface area contributed by atoms with E-state index in [2.05, 4.69) is 0 Å². The van der Waals surface area contributed by atoms with E-state index in [0.29, 0.717) is 0 Å². The zero-order valence-electron chi connectivity index (χ0n) is 9.02. The molecule has 0 aliphatic carbocycles. The van der Waals surface area contributed by atoms with Crippen LogP contribution < -0.4 is 0 Å². The summed E-state index contributed by atoms with van der Waals surface area (Å²) >= 11 is 0. The minimum atomic E-state index is -1.31. The Bertz CT molecular complexity index is 603. The lowest BCUT2D eigenvalue weighted by molar-refractivity contribution is 0.0694. The number of aromatic carboxylic acids is 1. The molecule has 0 heterocycles. The van der Waals surface area contributed by atoms with Gasteiger partial charge in [-0.25, -0.2) is 13.6 Å². The molecule has 0 spiro atoms. The Morgan fingerprint density at radius 1 is 1.06 bits per heavy atom. The van der Waals surface area contributed by atoms with E-state index in [1.165, 1.54) is 12.1 Å². The first kappa shape index (κ1) is 12.0. The Balaban J connectivity index is 2.59. The fraction of sp³-hybridized carbons (Fsp3) is 0. The van der Waals surface area contributed by atoms with Crippen molar-refractivity contribution < 1.29 is 23.8 Å². The van der Waals surface area contributed by atoms with E-state index >= 15 is 0 Å². The SMILES string of the molecule is O=C(O)c1ccc(-c2c(F)cccc2F)cc1O. The molecule has 0 aromatic heterocycles. The molecule has 3 nitrogen and oxygen atoms in total. The number of phenols is 1. The van der Waals surface area contributed by atoms with Crippen LogP contribution in [-0.4, -0.2) is 16.2 Å². The molecular weight excluding hydrogens is 242 g/mol. The number of carbonyl (C=O) groups is 1. The van der Waals surface area contributed by atoms with Gasteiger partial charge in [0.2, 0.25) is 0 Å². The number of carboxylic acid groups (broad SMARTS) is 1. The average molecular weight is 250 g/mol. The first-order chi connectivity index (χ1) is 8.50. The highest BCUT2D eigenvalue weighted by Gasteiger charge is 2.15. The quantitative estimate of drug-likeness (QED) is 0.861. The third kappa shape index (κ3) is 2.02. The fourth-order valence-electron chi connectivity index (χ4n) is 1.64. The molecule has 0 atom stereocenters. The second-order valence-electron chi connectivity index (χ2n) is 3.63. The minimum absolute atomic E-state index is 0.0769. The third-order valence-corrected chi connectivity index (χ3v) is 2.48. The number of aromatic hydroxyl groups is 1. The number of rotatable bonds is 2. The van der Waals surface area contributed by atoms with E-state index in [-0.39, 0.29) is 16.7 Å². The van der Waals surface area contributed by atoms with Crippen LogP contribution in [0.1, 0.15) is 10.4 Å². The lowest BCUT2D eigenvalue weighted by Crippen LogP contribution is -1.97. The first-order valence-electron chi connectivity index (χ1n) is 5.01. The van der Waals surface area contributed by atoms with E-state index in [0.717, 1.165) is 24.3 Å². The smallest absolute Gasteiger partial charge is 0.339 e. The molecule has 5 heteroatoms. The number of halogens is 2. The largest absolute Gasteiger partial charge is 0.507 e. The number of hydrogen-bond donors (Lipinski definition) is 2. The number of benzene rings is 2. The summed E-state index contributed by atoms with van der Waals surface area (Å²) < 4.78 is 27.0. The standard InChI is InChI=1S/C13H8F2O3/c14-9-2-1-3-10(15)12(9)7-4-5-8(13(17)18)11(16)6-7/h1-6,16H,(H,17,18). The maximum Gasteiger partial charge on any atom is 0.339 e. The van der Waals surface area contributed by atoms with Crippen molar-refractivity contribution in [1.82, 2.24) is 0 Å². The van der Waals surface area contributed by atoms with E-state index in [9.17, 15) is 18.7 Å². The zero-order chi connectivity index (χ0) is 13.3. The first-order valence-corrected chi connectivity index (χ1v) is 5.01. The van der Waals surface area contributed by atoms with Gasteiger partial charge in [0, 0.05) is 0 Å². The predicted molar refractivity (Wildman–Crippen MR) is 60.4 cm³/mol. The van der Waals surface area contributed by atoms with Crippen LogP contribution in [0.5, 0.6) is 5.75 Å². The molecule has 0 radical (unpaired) electrons. The lowest BCUT2D eigenvalue weighted by Gasteiger charge is -2.07. The summed E-state index contributed by atoms with van der Waals surface area (Å²) in [4.78, 5) is 10.7. The van der Waals surface area contributed by atoms with Crippen molar-refractivity contribution in [2.45, 2.75) is 0 Å². The molecule has 2 N–H and O–H groups in total. The molecule has 0 bridgehead atoms. The summed E-state index contributed by atoms with van der Waals surface area (Å²) in [6.45, 7) is 0. The molecule has 0 unspecified atom stereocenters. The molecule has 0 saturated carbocycles. The van der Waals surface area contributed by atoms with Crippen molar-refractivity contribution in [2.75, 3.05) is 0 Å². The van der Waals surface area contributed by atoms with Gasteiger partial charge < -0.3 is 10.2 Å². The summed E-state index contributed by atoms with van der Waals surface area (Å²) in [7, 11) is 0. The maximum absolute atomic E-state index is 13.5. The fourth-order valence-corrected chi connectivity index (χ4v) is 1.64. The van der Waals surface area contributed by atoms with Crippen LogP contribution in [-0.2, 0) is 0 Å². The molecule has 0 saturated heterocycles. The highest BCUT2D eigenvalue weighted by molar-refractivity contribution is 5.91. The van der Waals surface area contributed by atoms with Crippen molar-refractivity contribution >= 4 is 5.97 Å². The van der Waals surface area contributed by atoms with Crippen molar-refractivity contribution in [2.24, 2.45) is 0 Å². The molecule has 2 aromatic rings. The highest BCUT2D eigenvalue weighted by atomic mass is 19.1. The predicted octanol–water partition coefficient (Wildman–Crippen LogP) is 3.04. The van der Waals surface area contributed by atoms with Crippen LogP contribution >= 0.6 is 0 Å². The van der Waals surface area contributed by atoms with Crippen molar-refractivity contribution in [1.29, 1.82) is 0 Å². The van der Waals surface area contributed by atoms with Gasteiger partial charge in [0.05, 0.1) is 5.56 Å². The van der Waals surface area contributed by atoms with E-state index < -0.39 is 23.4 Å². The van der Waals surface area contributed by atoms with Gasteiger partial charge in [-0.2, -0.15) is 0 Å².